The highest BCUT2D eigenvalue weighted by Gasteiger charge is 2.07. The molecule has 4 N–H and O–H groups in total. The predicted octanol–water partition coefficient (Wildman–Crippen LogP) is 3.03. The number of rotatable bonds is 3. The molecule has 20 heavy (non-hydrogen) atoms. The van der Waals surface area contributed by atoms with Gasteiger partial charge in [-0.25, -0.2) is 9.97 Å². The van der Waals surface area contributed by atoms with Crippen LogP contribution in [0.3, 0.4) is 0 Å². The molecule has 0 saturated heterocycles. The number of nitrogens with zero attached hydrogens (tertiary/aromatic N) is 3. The Balaban J connectivity index is 2.02. The van der Waals surface area contributed by atoms with Gasteiger partial charge in [-0.1, -0.05) is 0 Å². The van der Waals surface area contributed by atoms with Crippen LogP contribution in [0.15, 0.2) is 35.2 Å². The number of benzene rings is 1. The first-order valence-corrected chi connectivity index (χ1v) is 6.60. The number of anilines is 3. The Labute approximate surface area is 123 Å². The van der Waals surface area contributed by atoms with Crippen LogP contribution in [0.4, 0.5) is 17.2 Å². The minimum absolute atomic E-state index is 0.510. The largest absolute Gasteiger partial charge is 0.810 e. The fourth-order valence-corrected chi connectivity index (χ4v) is 2.33. The van der Waals surface area contributed by atoms with Crippen LogP contribution in [-0.4, -0.2) is 21.2 Å². The zero-order chi connectivity index (χ0) is 14.1. The number of nitrogens with one attached hydrogen (secondary N) is 2. The maximum atomic E-state index is 9.11. The van der Waals surface area contributed by atoms with Gasteiger partial charge in [0.05, 0.1) is 9.99 Å². The molecule has 3 aromatic rings. The van der Waals surface area contributed by atoms with Crippen LogP contribution in [0, 0.1) is 0 Å². The maximum Gasteiger partial charge on any atom is 0.143 e. The number of H-pyrrole nitrogens is 1. The standard InChI is InChI=1S/C13H10BrN6/c14-11-4-9-12(17-6-18-13(9)20-11)19-8-1-2-10(16)7(3-8)5-15/h1-6H,16H2,(H2,17,18,19,20)/q-1. The average Bonchev–Trinajstić information content (AvgIpc) is 2.82. The highest BCUT2D eigenvalue weighted by molar-refractivity contribution is 9.10. The Morgan fingerprint density at radius 3 is 2.95 bits per heavy atom. The normalized spacial score (nSPS) is 10.7. The Bertz CT molecular complexity index is 795. The van der Waals surface area contributed by atoms with Gasteiger partial charge in [-0.3, -0.25) is 0 Å². The highest BCUT2D eigenvalue weighted by atomic mass is 79.9. The van der Waals surface area contributed by atoms with Crippen LogP contribution < -0.4 is 11.1 Å². The molecule has 0 aliphatic rings. The number of nitrogens with two attached hydrogens (primary N) is 1. The van der Waals surface area contributed by atoms with Gasteiger partial charge in [0, 0.05) is 11.4 Å². The quantitative estimate of drug-likeness (QED) is 0.507. The Kier molecular flexibility index (Phi) is 3.11. The monoisotopic (exact) mass is 329 g/mol. The molecule has 0 saturated carbocycles. The zero-order valence-corrected chi connectivity index (χ0v) is 11.8. The molecular formula is C13H10BrN6-. The summed E-state index contributed by atoms with van der Waals surface area (Å²) in [6.45, 7) is 0. The molecule has 0 aliphatic carbocycles. The van der Waals surface area contributed by atoms with E-state index < -0.39 is 0 Å². The van der Waals surface area contributed by atoms with E-state index in [0.29, 0.717) is 17.1 Å². The van der Waals surface area contributed by atoms with Crippen LogP contribution in [0.25, 0.3) is 16.4 Å². The van der Waals surface area contributed by atoms with E-state index in [1.807, 2.05) is 12.1 Å². The van der Waals surface area contributed by atoms with Crippen molar-refractivity contribution >= 4 is 50.4 Å². The molecule has 1 aromatic carbocycles. The first-order valence-electron chi connectivity index (χ1n) is 5.80. The molecule has 7 heteroatoms. The number of aromatic amines is 1. The van der Waals surface area contributed by atoms with Crippen LogP contribution in [0.5, 0.6) is 0 Å². The van der Waals surface area contributed by atoms with Crippen molar-refractivity contribution < 1.29 is 0 Å². The fraction of sp³-hybridized carbons (Fsp3) is 0. The fourth-order valence-electron chi connectivity index (χ4n) is 1.91. The van der Waals surface area contributed by atoms with E-state index in [4.69, 9.17) is 11.1 Å². The number of fused-ring (bicyclic) bond motifs is 1. The van der Waals surface area contributed by atoms with Crippen LogP contribution in [-0.2, 0) is 0 Å². The molecule has 0 bridgehead atoms. The van der Waals surface area contributed by atoms with Crippen molar-refractivity contribution in [3.8, 4) is 0 Å². The lowest BCUT2D eigenvalue weighted by atomic mass is 10.1. The van der Waals surface area contributed by atoms with Crippen molar-refractivity contribution in [2.45, 2.75) is 0 Å². The van der Waals surface area contributed by atoms with Gasteiger partial charge in [-0.2, -0.15) is 6.21 Å². The summed E-state index contributed by atoms with van der Waals surface area (Å²) in [7, 11) is 0. The minimum Gasteiger partial charge on any atom is -0.810 e. The smallest absolute Gasteiger partial charge is 0.143 e. The van der Waals surface area contributed by atoms with Crippen molar-refractivity contribution in [2.24, 2.45) is 0 Å². The Morgan fingerprint density at radius 1 is 1.30 bits per heavy atom. The lowest BCUT2D eigenvalue weighted by molar-refractivity contribution is 1.19. The van der Waals surface area contributed by atoms with Gasteiger partial charge in [-0.05, 0) is 45.8 Å². The van der Waals surface area contributed by atoms with Gasteiger partial charge < -0.3 is 21.4 Å². The molecule has 0 fully saturated rings. The Morgan fingerprint density at radius 2 is 2.15 bits per heavy atom. The van der Waals surface area contributed by atoms with Crippen LogP contribution in [0.1, 0.15) is 5.56 Å². The van der Waals surface area contributed by atoms with E-state index in [1.54, 1.807) is 12.1 Å². The van der Waals surface area contributed by atoms with Gasteiger partial charge in [0.15, 0.2) is 0 Å². The summed E-state index contributed by atoms with van der Waals surface area (Å²) in [5.74, 6) is 0.672. The molecule has 0 atom stereocenters. The molecule has 100 valence electrons. The number of hydrogen-bond acceptors (Lipinski definition) is 4. The van der Waals surface area contributed by atoms with Crippen molar-refractivity contribution in [3.05, 3.63) is 46.2 Å². The van der Waals surface area contributed by atoms with Gasteiger partial charge in [0.1, 0.15) is 17.8 Å². The average molecular weight is 330 g/mol. The van der Waals surface area contributed by atoms with Crippen LogP contribution in [0.2, 0.25) is 0 Å². The first kappa shape index (κ1) is 12.6. The van der Waals surface area contributed by atoms with Gasteiger partial charge in [-0.15, -0.1) is 0 Å². The molecule has 2 aromatic heterocycles. The minimum atomic E-state index is 0.510. The second-order valence-corrected chi connectivity index (χ2v) is 5.05. The summed E-state index contributed by atoms with van der Waals surface area (Å²) >= 11 is 3.37. The molecule has 0 radical (unpaired) electrons. The third kappa shape index (κ3) is 2.23. The van der Waals surface area contributed by atoms with Crippen molar-refractivity contribution in [2.75, 3.05) is 11.1 Å². The summed E-state index contributed by atoms with van der Waals surface area (Å²) in [6, 6.07) is 7.17. The predicted molar refractivity (Wildman–Crippen MR) is 84.3 cm³/mol. The Hall–Kier alpha value is -2.41. The summed E-state index contributed by atoms with van der Waals surface area (Å²) in [5, 5.41) is 13.2. The zero-order valence-electron chi connectivity index (χ0n) is 10.3. The van der Waals surface area contributed by atoms with Gasteiger partial charge in [0.2, 0.25) is 0 Å². The SMILES string of the molecule is [N-]=Cc1cc(Nc2ncnc3[nH]c(Br)cc23)ccc1N. The summed E-state index contributed by atoms with van der Waals surface area (Å²) in [6.07, 6.45) is 2.45. The van der Waals surface area contributed by atoms with E-state index in [2.05, 4.69) is 36.2 Å². The molecule has 0 unspecified atom stereocenters. The van der Waals surface area contributed by atoms with E-state index in [1.165, 1.54) is 6.33 Å². The van der Waals surface area contributed by atoms with Gasteiger partial charge in [0.25, 0.3) is 0 Å². The number of halogens is 1. The molecular weight excluding hydrogens is 320 g/mol. The molecule has 6 nitrogen and oxygen atoms in total. The second kappa shape index (κ2) is 4.93. The number of hydrogen-bond donors (Lipinski definition) is 3. The lowest BCUT2D eigenvalue weighted by Crippen LogP contribution is -1.98. The lowest BCUT2D eigenvalue weighted by Gasteiger charge is -2.09. The van der Waals surface area contributed by atoms with Gasteiger partial charge >= 0.3 is 0 Å². The maximum absolute atomic E-state index is 9.11. The molecule has 2 heterocycles. The highest BCUT2D eigenvalue weighted by Crippen LogP contribution is 2.26. The third-order valence-corrected chi connectivity index (χ3v) is 3.31. The van der Waals surface area contributed by atoms with Crippen LogP contribution >= 0.6 is 15.9 Å². The molecule has 0 aliphatic heterocycles. The summed E-state index contributed by atoms with van der Waals surface area (Å²) in [4.78, 5) is 11.5. The third-order valence-electron chi connectivity index (χ3n) is 2.88. The van der Waals surface area contributed by atoms with E-state index in [0.717, 1.165) is 27.5 Å². The molecule has 0 amide bonds. The topological polar surface area (TPSA) is 102 Å². The van der Waals surface area contributed by atoms with Crippen molar-refractivity contribution in [1.29, 1.82) is 0 Å². The number of aromatic nitrogens is 3. The van der Waals surface area contributed by atoms with E-state index >= 15 is 0 Å². The van der Waals surface area contributed by atoms with Crippen molar-refractivity contribution in [3.63, 3.8) is 0 Å². The van der Waals surface area contributed by atoms with Crippen molar-refractivity contribution in [1.82, 2.24) is 15.0 Å². The van der Waals surface area contributed by atoms with E-state index in [9.17, 15) is 0 Å². The molecule has 0 spiro atoms. The summed E-state index contributed by atoms with van der Waals surface area (Å²) in [5.41, 5.74) is 8.30. The van der Waals surface area contributed by atoms with E-state index in [-0.39, 0.29) is 0 Å². The summed E-state index contributed by atoms with van der Waals surface area (Å²) < 4.78 is 0.831. The first-order chi connectivity index (χ1) is 9.67. The molecule has 3 rings (SSSR count). The number of nitrogen functional groups attached to an aromatic ring is 1. The second-order valence-electron chi connectivity index (χ2n) is 4.20.